The highest BCUT2D eigenvalue weighted by Gasteiger charge is 2.30. The highest BCUT2D eigenvalue weighted by atomic mass is 32.2. The zero-order valence-corrected chi connectivity index (χ0v) is 15.3. The molecule has 8 heteroatoms. The van der Waals surface area contributed by atoms with Gasteiger partial charge in [-0.1, -0.05) is 30.3 Å². The summed E-state index contributed by atoms with van der Waals surface area (Å²) in [5.74, 6) is 0. The molecule has 3 N–H and O–H groups in total. The van der Waals surface area contributed by atoms with E-state index in [2.05, 4.69) is 10.2 Å². The van der Waals surface area contributed by atoms with Gasteiger partial charge in [-0.25, -0.2) is 18.4 Å². The number of anilines is 1. The van der Waals surface area contributed by atoms with E-state index in [1.165, 1.54) is 24.3 Å². The van der Waals surface area contributed by atoms with Gasteiger partial charge in [0.1, 0.15) is 0 Å². The molecule has 26 heavy (non-hydrogen) atoms. The summed E-state index contributed by atoms with van der Waals surface area (Å²) in [6.07, 6.45) is 0. The lowest BCUT2D eigenvalue weighted by Crippen LogP contribution is -2.50. The highest BCUT2D eigenvalue weighted by molar-refractivity contribution is 7.89. The van der Waals surface area contributed by atoms with Crippen LogP contribution in [0.4, 0.5) is 10.5 Å². The Morgan fingerprint density at radius 2 is 1.73 bits per heavy atom. The summed E-state index contributed by atoms with van der Waals surface area (Å²) in [5.41, 5.74) is 1.60. The van der Waals surface area contributed by atoms with Crippen molar-refractivity contribution >= 4 is 21.7 Å². The van der Waals surface area contributed by atoms with Crippen LogP contribution < -0.4 is 10.5 Å². The zero-order chi connectivity index (χ0) is 18.7. The number of carbonyl (C=O) groups excluding carboxylic acids is 1. The number of hydrogen-bond donors (Lipinski definition) is 2. The molecule has 0 aromatic heterocycles. The first kappa shape index (κ1) is 18.4. The minimum Gasteiger partial charge on any atom is -0.315 e. The van der Waals surface area contributed by atoms with Crippen LogP contribution in [0.1, 0.15) is 11.6 Å². The van der Waals surface area contributed by atoms with Crippen molar-refractivity contribution in [2.45, 2.75) is 10.9 Å². The van der Waals surface area contributed by atoms with Crippen LogP contribution in [0.2, 0.25) is 0 Å². The van der Waals surface area contributed by atoms with Gasteiger partial charge >= 0.3 is 6.03 Å². The molecule has 0 radical (unpaired) electrons. The lowest BCUT2D eigenvalue weighted by molar-refractivity contribution is 0.117. The third kappa shape index (κ3) is 4.21. The van der Waals surface area contributed by atoms with Gasteiger partial charge < -0.3 is 15.1 Å². The summed E-state index contributed by atoms with van der Waals surface area (Å²) >= 11 is 0. The van der Waals surface area contributed by atoms with Crippen LogP contribution in [0.25, 0.3) is 0 Å². The van der Waals surface area contributed by atoms with Crippen molar-refractivity contribution in [3.05, 3.63) is 60.2 Å². The molecule has 0 unspecified atom stereocenters. The molecular formula is C18H22N4O3S. The van der Waals surface area contributed by atoms with Crippen molar-refractivity contribution in [3.8, 4) is 0 Å². The second kappa shape index (κ2) is 7.45. The van der Waals surface area contributed by atoms with Crippen LogP contribution in [0.15, 0.2) is 59.5 Å². The molecule has 0 spiro atoms. The summed E-state index contributed by atoms with van der Waals surface area (Å²) in [6.45, 7) is 2.15. The maximum absolute atomic E-state index is 12.8. The number of nitrogens with two attached hydrogens (primary N) is 1. The second-order valence-corrected chi connectivity index (χ2v) is 7.94. The zero-order valence-electron chi connectivity index (χ0n) is 14.5. The first-order valence-corrected chi connectivity index (χ1v) is 9.83. The molecule has 1 heterocycles. The van der Waals surface area contributed by atoms with Gasteiger partial charge in [0, 0.05) is 25.3 Å². The lowest BCUT2D eigenvalue weighted by atomic mass is 10.0. The normalized spacial score (nSPS) is 18.5. The predicted molar refractivity (Wildman–Crippen MR) is 100 cm³/mol. The largest absolute Gasteiger partial charge is 0.322 e. The monoisotopic (exact) mass is 374 g/mol. The van der Waals surface area contributed by atoms with E-state index in [9.17, 15) is 13.2 Å². The van der Waals surface area contributed by atoms with Crippen LogP contribution in [0.5, 0.6) is 0 Å². The Morgan fingerprint density at radius 3 is 2.35 bits per heavy atom. The topological polar surface area (TPSA) is 95.7 Å². The molecule has 1 aliphatic rings. The Morgan fingerprint density at radius 1 is 1.08 bits per heavy atom. The Hall–Kier alpha value is -2.42. The van der Waals surface area contributed by atoms with E-state index in [4.69, 9.17) is 5.14 Å². The maximum Gasteiger partial charge on any atom is 0.322 e. The fourth-order valence-electron chi connectivity index (χ4n) is 3.05. The summed E-state index contributed by atoms with van der Waals surface area (Å²) in [7, 11) is -1.71. The van der Waals surface area contributed by atoms with Crippen molar-refractivity contribution in [3.63, 3.8) is 0 Å². The Kier molecular flexibility index (Phi) is 5.26. The smallest absolute Gasteiger partial charge is 0.315 e. The van der Waals surface area contributed by atoms with E-state index in [-0.39, 0.29) is 17.0 Å². The Balaban J connectivity index is 1.77. The number of likely N-dealkylation sites (N-methyl/N-ethyl adjacent to an activating group) is 1. The summed E-state index contributed by atoms with van der Waals surface area (Å²) in [5, 5.41) is 7.93. The molecule has 3 rings (SSSR count). The van der Waals surface area contributed by atoms with Crippen molar-refractivity contribution in [1.29, 1.82) is 0 Å². The van der Waals surface area contributed by atoms with E-state index in [0.29, 0.717) is 12.2 Å². The molecule has 1 saturated heterocycles. The van der Waals surface area contributed by atoms with Gasteiger partial charge in [0.2, 0.25) is 10.0 Å². The third-order valence-electron chi connectivity index (χ3n) is 4.46. The Labute approximate surface area is 153 Å². The van der Waals surface area contributed by atoms with E-state index >= 15 is 0 Å². The second-order valence-electron chi connectivity index (χ2n) is 6.38. The van der Waals surface area contributed by atoms with Gasteiger partial charge in [-0.2, -0.15) is 0 Å². The van der Waals surface area contributed by atoms with E-state index in [1.54, 1.807) is 0 Å². The maximum atomic E-state index is 12.8. The summed E-state index contributed by atoms with van der Waals surface area (Å²) in [6, 6.07) is 15.5. The first-order valence-electron chi connectivity index (χ1n) is 8.28. The molecule has 2 amide bonds. The average Bonchev–Trinajstić information content (AvgIpc) is 2.62. The van der Waals surface area contributed by atoms with Crippen LogP contribution in [-0.2, 0) is 10.0 Å². The standard InChI is InChI=1S/C18H22N4O3S/c1-21-11-12-22(17(13-21)14-5-3-2-4-6-14)18(23)20-15-7-9-16(10-8-15)26(19,24)25/h2-10,17H,11-13H2,1H3,(H,20,23)(H2,19,24,25)/t17-/m0/s1. The van der Waals surface area contributed by atoms with Crippen molar-refractivity contribution in [1.82, 2.24) is 9.80 Å². The minimum absolute atomic E-state index is 0.0114. The van der Waals surface area contributed by atoms with Crippen LogP contribution in [0.3, 0.4) is 0 Å². The fourth-order valence-corrected chi connectivity index (χ4v) is 3.56. The van der Waals surface area contributed by atoms with Gasteiger partial charge in [-0.15, -0.1) is 0 Å². The SMILES string of the molecule is CN1CCN(C(=O)Nc2ccc(S(N)(=O)=O)cc2)[C@H](c2ccccc2)C1. The third-order valence-corrected chi connectivity index (χ3v) is 5.39. The fraction of sp³-hybridized carbons (Fsp3) is 0.278. The number of rotatable bonds is 3. The number of hydrogen-bond acceptors (Lipinski definition) is 4. The molecule has 2 aromatic rings. The van der Waals surface area contributed by atoms with Crippen LogP contribution in [0, 0.1) is 0 Å². The summed E-state index contributed by atoms with van der Waals surface area (Å²) in [4.78, 5) is 16.8. The molecule has 138 valence electrons. The quantitative estimate of drug-likeness (QED) is 0.857. The van der Waals surface area contributed by atoms with Gasteiger partial charge in [0.05, 0.1) is 10.9 Å². The van der Waals surface area contributed by atoms with E-state index in [1.807, 2.05) is 42.3 Å². The number of sulfonamides is 1. The molecule has 0 saturated carbocycles. The van der Waals surface area contributed by atoms with E-state index in [0.717, 1.165) is 18.7 Å². The molecule has 0 aliphatic carbocycles. The number of piperazine rings is 1. The number of primary sulfonamides is 1. The van der Waals surface area contributed by atoms with Gasteiger partial charge in [-0.3, -0.25) is 0 Å². The summed E-state index contributed by atoms with van der Waals surface area (Å²) < 4.78 is 22.6. The predicted octanol–water partition coefficient (Wildman–Crippen LogP) is 1.85. The van der Waals surface area contributed by atoms with Gasteiger partial charge in [0.15, 0.2) is 0 Å². The molecule has 2 aromatic carbocycles. The van der Waals surface area contributed by atoms with E-state index < -0.39 is 10.0 Å². The molecular weight excluding hydrogens is 352 g/mol. The number of amides is 2. The van der Waals surface area contributed by atoms with Gasteiger partial charge in [0.25, 0.3) is 0 Å². The van der Waals surface area contributed by atoms with Gasteiger partial charge in [-0.05, 0) is 36.9 Å². The lowest BCUT2D eigenvalue weighted by Gasteiger charge is -2.40. The molecule has 0 bridgehead atoms. The number of carbonyl (C=O) groups is 1. The van der Waals surface area contributed by atoms with Crippen molar-refractivity contribution in [2.75, 3.05) is 32.0 Å². The molecule has 1 aliphatic heterocycles. The molecule has 1 fully saturated rings. The number of urea groups is 1. The number of nitrogens with one attached hydrogen (secondary N) is 1. The first-order chi connectivity index (χ1) is 12.3. The van der Waals surface area contributed by atoms with Crippen LogP contribution in [-0.4, -0.2) is 50.9 Å². The molecule has 7 nitrogen and oxygen atoms in total. The van der Waals surface area contributed by atoms with Crippen LogP contribution >= 0.6 is 0 Å². The minimum atomic E-state index is -3.75. The van der Waals surface area contributed by atoms with Crippen molar-refractivity contribution in [2.24, 2.45) is 5.14 Å². The molecule has 1 atom stereocenters. The highest BCUT2D eigenvalue weighted by Crippen LogP contribution is 2.25. The van der Waals surface area contributed by atoms with Crippen molar-refractivity contribution < 1.29 is 13.2 Å². The average molecular weight is 374 g/mol. The number of nitrogens with zero attached hydrogens (tertiary/aromatic N) is 2. The Bertz CT molecular complexity index is 869. The number of benzene rings is 2.